The molecule has 3 aromatic rings. The summed E-state index contributed by atoms with van der Waals surface area (Å²) >= 11 is 0. The highest BCUT2D eigenvalue weighted by molar-refractivity contribution is 5.80. The molecule has 0 N–H and O–H groups in total. The van der Waals surface area contributed by atoms with E-state index < -0.39 is 0 Å². The fraction of sp³-hybridized carbons (Fsp3) is 0.500. The molecule has 1 saturated heterocycles. The summed E-state index contributed by atoms with van der Waals surface area (Å²) in [6.45, 7) is 13.9. The molecular formula is C38H46F2N4. The summed E-state index contributed by atoms with van der Waals surface area (Å²) in [5.41, 5.74) is 6.99. The Morgan fingerprint density at radius 2 is 1.93 bits per heavy atom. The Labute approximate surface area is 261 Å². The zero-order valence-electron chi connectivity index (χ0n) is 26.6. The summed E-state index contributed by atoms with van der Waals surface area (Å²) in [6.07, 6.45) is 13.9. The molecule has 4 unspecified atom stereocenters. The molecule has 2 aromatic carbocycles. The molecule has 0 bridgehead atoms. The Balaban J connectivity index is 1.13. The number of benzene rings is 2. The summed E-state index contributed by atoms with van der Waals surface area (Å²) in [7, 11) is 0. The fourth-order valence-corrected chi connectivity index (χ4v) is 8.42. The smallest absolute Gasteiger partial charge is 0.151 e. The third kappa shape index (κ3) is 5.03. The van der Waals surface area contributed by atoms with Crippen molar-refractivity contribution in [2.45, 2.75) is 97.3 Å². The van der Waals surface area contributed by atoms with Crippen LogP contribution in [0, 0.1) is 17.2 Å². The quantitative estimate of drug-likeness (QED) is 0.231. The van der Waals surface area contributed by atoms with Crippen LogP contribution in [0.25, 0.3) is 17.1 Å². The molecule has 0 amide bonds. The van der Waals surface area contributed by atoms with Gasteiger partial charge in [-0.2, -0.15) is 0 Å². The number of halogens is 2. The first-order chi connectivity index (χ1) is 21.3. The van der Waals surface area contributed by atoms with Crippen molar-refractivity contribution in [2.75, 3.05) is 18.0 Å². The predicted octanol–water partition coefficient (Wildman–Crippen LogP) is 8.79. The van der Waals surface area contributed by atoms with E-state index in [2.05, 4.69) is 72.1 Å². The normalized spacial score (nSPS) is 26.7. The summed E-state index contributed by atoms with van der Waals surface area (Å²) in [5.74, 6) is 1.05. The molecule has 1 saturated carbocycles. The minimum Gasteiger partial charge on any atom is -0.365 e. The van der Waals surface area contributed by atoms with Crippen LogP contribution in [0.5, 0.6) is 0 Å². The molecule has 2 fully saturated rings. The van der Waals surface area contributed by atoms with E-state index in [1.807, 2.05) is 6.07 Å². The molecule has 1 aliphatic heterocycles. The van der Waals surface area contributed by atoms with Gasteiger partial charge in [-0.05, 0) is 78.5 Å². The SMILES string of the molecule is C=Cc1cc(F)c2nc(CN3CCN(c4cccc5c4CC(C)(C4=C(F)CC(C)C=C4)C5)C4CCC43)n(CCCCC)c2c1. The van der Waals surface area contributed by atoms with Gasteiger partial charge in [0.05, 0.1) is 12.1 Å². The van der Waals surface area contributed by atoms with Crippen LogP contribution in [0.2, 0.25) is 0 Å². The van der Waals surface area contributed by atoms with Crippen molar-refractivity contribution in [3.8, 4) is 0 Å². The van der Waals surface area contributed by atoms with Gasteiger partial charge in [0.1, 0.15) is 17.2 Å². The molecule has 4 aliphatic rings. The summed E-state index contributed by atoms with van der Waals surface area (Å²) in [4.78, 5) is 10.1. The number of aromatic nitrogens is 2. The second-order valence-corrected chi connectivity index (χ2v) is 14.0. The first-order valence-corrected chi connectivity index (χ1v) is 16.8. The van der Waals surface area contributed by atoms with Crippen LogP contribution in [-0.4, -0.2) is 39.6 Å². The number of piperazine rings is 1. The lowest BCUT2D eigenvalue weighted by atomic mass is 9.75. The second-order valence-electron chi connectivity index (χ2n) is 14.0. The first-order valence-electron chi connectivity index (χ1n) is 16.8. The highest BCUT2D eigenvalue weighted by atomic mass is 19.1. The van der Waals surface area contributed by atoms with E-state index in [0.29, 0.717) is 24.0 Å². The zero-order chi connectivity index (χ0) is 30.6. The molecule has 7 rings (SSSR count). The van der Waals surface area contributed by atoms with E-state index in [0.717, 1.165) is 80.8 Å². The highest BCUT2D eigenvalue weighted by Crippen LogP contribution is 2.50. The summed E-state index contributed by atoms with van der Waals surface area (Å²) in [5, 5.41) is 0. The van der Waals surface area contributed by atoms with Gasteiger partial charge in [0.2, 0.25) is 0 Å². The van der Waals surface area contributed by atoms with Crippen LogP contribution in [0.4, 0.5) is 14.5 Å². The van der Waals surface area contributed by atoms with Crippen molar-refractivity contribution >= 4 is 22.8 Å². The molecular weight excluding hydrogens is 550 g/mol. The van der Waals surface area contributed by atoms with Gasteiger partial charge < -0.3 is 9.47 Å². The van der Waals surface area contributed by atoms with Gasteiger partial charge in [0.25, 0.3) is 0 Å². The number of hydrogen-bond acceptors (Lipinski definition) is 3. The fourth-order valence-electron chi connectivity index (χ4n) is 8.42. The number of fused-ring (bicyclic) bond motifs is 3. The van der Waals surface area contributed by atoms with E-state index in [1.165, 1.54) is 29.7 Å². The average molecular weight is 597 g/mol. The summed E-state index contributed by atoms with van der Waals surface area (Å²) in [6, 6.07) is 11.2. The Bertz CT molecular complexity index is 1650. The minimum atomic E-state index is -0.266. The molecule has 0 radical (unpaired) electrons. The second kappa shape index (κ2) is 11.6. The van der Waals surface area contributed by atoms with Crippen LogP contribution in [0.1, 0.15) is 81.8 Å². The van der Waals surface area contributed by atoms with E-state index in [-0.39, 0.29) is 23.0 Å². The van der Waals surface area contributed by atoms with Gasteiger partial charge in [0, 0.05) is 49.2 Å². The Morgan fingerprint density at radius 3 is 2.68 bits per heavy atom. The van der Waals surface area contributed by atoms with Gasteiger partial charge in [-0.3, -0.25) is 4.90 Å². The Morgan fingerprint density at radius 1 is 1.09 bits per heavy atom. The number of allylic oxidation sites excluding steroid dienone is 4. The van der Waals surface area contributed by atoms with E-state index in [1.54, 1.807) is 12.1 Å². The number of aryl methyl sites for hydroxylation is 1. The molecule has 2 heterocycles. The number of anilines is 1. The number of unbranched alkanes of at least 4 members (excludes halogenated alkanes) is 2. The maximum Gasteiger partial charge on any atom is 0.151 e. The molecule has 4 nitrogen and oxygen atoms in total. The predicted molar refractivity (Wildman–Crippen MR) is 177 cm³/mol. The monoisotopic (exact) mass is 596 g/mol. The molecule has 232 valence electrons. The van der Waals surface area contributed by atoms with Crippen molar-refractivity contribution in [2.24, 2.45) is 11.3 Å². The van der Waals surface area contributed by atoms with Crippen molar-refractivity contribution in [3.63, 3.8) is 0 Å². The topological polar surface area (TPSA) is 24.3 Å². The van der Waals surface area contributed by atoms with E-state index in [4.69, 9.17) is 4.98 Å². The van der Waals surface area contributed by atoms with Crippen LogP contribution in [0.15, 0.2) is 60.5 Å². The van der Waals surface area contributed by atoms with Gasteiger partial charge in [-0.1, -0.05) is 70.6 Å². The Kier molecular flexibility index (Phi) is 7.76. The van der Waals surface area contributed by atoms with Crippen molar-refractivity contribution in [1.29, 1.82) is 0 Å². The molecule has 1 aromatic heterocycles. The van der Waals surface area contributed by atoms with Crippen LogP contribution in [0.3, 0.4) is 0 Å². The largest absolute Gasteiger partial charge is 0.365 e. The van der Waals surface area contributed by atoms with Crippen molar-refractivity contribution in [1.82, 2.24) is 14.5 Å². The van der Waals surface area contributed by atoms with Crippen molar-refractivity contribution < 1.29 is 8.78 Å². The van der Waals surface area contributed by atoms with Crippen LogP contribution < -0.4 is 4.90 Å². The lowest BCUT2D eigenvalue weighted by Gasteiger charge is -2.55. The highest BCUT2D eigenvalue weighted by Gasteiger charge is 2.46. The maximum absolute atomic E-state index is 15.2. The van der Waals surface area contributed by atoms with Gasteiger partial charge >= 0.3 is 0 Å². The summed E-state index contributed by atoms with van der Waals surface area (Å²) < 4.78 is 32.6. The van der Waals surface area contributed by atoms with E-state index >= 15 is 8.78 Å². The molecule has 0 spiro atoms. The van der Waals surface area contributed by atoms with Gasteiger partial charge in [-0.25, -0.2) is 13.8 Å². The maximum atomic E-state index is 15.2. The Hall–Kier alpha value is -3.25. The zero-order valence-corrected chi connectivity index (χ0v) is 26.6. The number of nitrogens with zero attached hydrogens (tertiary/aromatic N) is 4. The standard InChI is InChI=1S/C38H46F2N4/c1-5-7-8-16-44-35-21-26(6-2)20-31(40)37(35)41-36(44)24-42-17-18-43(34-15-14-33(34)42)32-11-9-10-27-22-38(4,23-28(27)32)29-13-12-25(3)19-30(29)39/h6,9-13,20-21,25,33-34H,2,5,7-8,14-19,22-24H2,1,3-4H3. The van der Waals surface area contributed by atoms with Gasteiger partial charge in [-0.15, -0.1) is 0 Å². The number of hydrogen-bond donors (Lipinski definition) is 0. The molecule has 44 heavy (non-hydrogen) atoms. The van der Waals surface area contributed by atoms with E-state index in [9.17, 15) is 0 Å². The minimum absolute atomic E-state index is 0.0749. The van der Waals surface area contributed by atoms with Crippen molar-refractivity contribution in [3.05, 3.63) is 88.8 Å². The third-order valence-electron chi connectivity index (χ3n) is 10.9. The molecule has 6 heteroatoms. The lowest BCUT2D eigenvalue weighted by Crippen LogP contribution is -2.64. The lowest BCUT2D eigenvalue weighted by molar-refractivity contribution is 0.0627. The molecule has 3 aliphatic carbocycles. The third-order valence-corrected chi connectivity index (χ3v) is 10.9. The number of rotatable bonds is 9. The number of imidazole rings is 1. The average Bonchev–Trinajstić information content (AvgIpc) is 3.51. The molecule has 4 atom stereocenters. The van der Waals surface area contributed by atoms with Crippen LogP contribution in [-0.2, 0) is 25.9 Å². The van der Waals surface area contributed by atoms with Gasteiger partial charge in [0.15, 0.2) is 5.82 Å². The first kappa shape index (κ1) is 29.5. The van der Waals surface area contributed by atoms with Crippen LogP contribution >= 0.6 is 0 Å².